The highest BCUT2D eigenvalue weighted by molar-refractivity contribution is 14.1. The van der Waals surface area contributed by atoms with Crippen LogP contribution in [0.5, 0.6) is 0 Å². The summed E-state index contributed by atoms with van der Waals surface area (Å²) in [7, 11) is 0. The summed E-state index contributed by atoms with van der Waals surface area (Å²) in [5.74, 6) is 0.177. The van der Waals surface area contributed by atoms with Crippen LogP contribution in [0.25, 0.3) is 0 Å². The number of carbonyl (C=O) groups excluding carboxylic acids is 1. The molecule has 0 spiro atoms. The largest absolute Gasteiger partial charge is 0.368 e. The number of ether oxygens (including phenoxy) is 2. The van der Waals surface area contributed by atoms with Crippen LogP contribution < -0.4 is 0 Å². The first-order valence-electron chi connectivity index (χ1n) is 4.79. The lowest BCUT2D eigenvalue weighted by molar-refractivity contribution is -0.130. The van der Waals surface area contributed by atoms with Crippen molar-refractivity contribution in [1.29, 1.82) is 0 Å². The monoisotopic (exact) mass is 308 g/mol. The van der Waals surface area contributed by atoms with Crippen molar-refractivity contribution >= 4 is 28.9 Å². The predicted molar refractivity (Wildman–Crippen MR) is 60.3 cm³/mol. The van der Waals surface area contributed by atoms with Crippen LogP contribution in [0.4, 0.5) is 0 Å². The minimum atomic E-state index is -0.286. The lowest BCUT2D eigenvalue weighted by Gasteiger charge is -2.29. The molecular formula is C10H13IO3. The SMILES string of the molecule is C[C@H]1[C@H](C=O)O[C@@H]2C[C@H]1O[C@H]2/C=C/I. The van der Waals surface area contributed by atoms with E-state index in [1.54, 1.807) is 0 Å². The molecule has 2 rings (SSSR count). The Bertz CT molecular complexity index is 254. The van der Waals surface area contributed by atoms with Gasteiger partial charge in [-0.1, -0.05) is 29.5 Å². The third kappa shape index (κ3) is 1.75. The quantitative estimate of drug-likeness (QED) is 0.575. The van der Waals surface area contributed by atoms with Crippen molar-refractivity contribution in [2.24, 2.45) is 5.92 Å². The maximum absolute atomic E-state index is 10.8. The molecular weight excluding hydrogens is 295 g/mol. The van der Waals surface area contributed by atoms with E-state index in [1.165, 1.54) is 0 Å². The standard InChI is InChI=1S/C10H13IO3/c1-6-8-4-9(14-10(6)5-12)7(13-8)2-3-11/h2-3,5-10H,4H2,1H3/b3-2+/t6-,7+,8-,9-,10+/m1/s1. The summed E-state index contributed by atoms with van der Waals surface area (Å²) >= 11 is 2.17. The minimum Gasteiger partial charge on any atom is -0.368 e. The average molecular weight is 308 g/mol. The fourth-order valence-electron chi connectivity index (χ4n) is 2.11. The molecule has 0 amide bonds. The van der Waals surface area contributed by atoms with Crippen LogP contribution in [0, 0.1) is 5.92 Å². The van der Waals surface area contributed by atoms with Crippen molar-refractivity contribution in [2.45, 2.75) is 37.8 Å². The molecule has 5 atom stereocenters. The molecule has 2 heterocycles. The van der Waals surface area contributed by atoms with E-state index in [1.807, 2.05) is 17.1 Å². The first kappa shape index (κ1) is 10.6. The fourth-order valence-corrected chi connectivity index (χ4v) is 2.52. The molecule has 2 aliphatic heterocycles. The van der Waals surface area contributed by atoms with Gasteiger partial charge in [0.2, 0.25) is 0 Å². The van der Waals surface area contributed by atoms with E-state index >= 15 is 0 Å². The molecule has 3 nitrogen and oxygen atoms in total. The molecule has 14 heavy (non-hydrogen) atoms. The predicted octanol–water partition coefficient (Wildman–Crippen LogP) is 1.70. The number of halogens is 1. The molecule has 78 valence electrons. The third-order valence-electron chi connectivity index (χ3n) is 3.00. The van der Waals surface area contributed by atoms with Crippen molar-refractivity contribution in [3.63, 3.8) is 0 Å². The van der Waals surface area contributed by atoms with Gasteiger partial charge in [-0.15, -0.1) is 0 Å². The van der Waals surface area contributed by atoms with Crippen LogP contribution in [0.1, 0.15) is 13.3 Å². The highest BCUT2D eigenvalue weighted by Gasteiger charge is 2.45. The second-order valence-corrected chi connectivity index (χ2v) is 4.55. The lowest BCUT2D eigenvalue weighted by Crippen LogP contribution is -2.39. The number of aldehydes is 1. The number of hydrogen-bond donors (Lipinski definition) is 0. The highest BCUT2D eigenvalue weighted by Crippen LogP contribution is 2.36. The molecule has 0 saturated carbocycles. The number of hydrogen-bond acceptors (Lipinski definition) is 3. The molecule has 0 aliphatic carbocycles. The summed E-state index contributed by atoms with van der Waals surface area (Å²) in [6, 6.07) is 0. The first-order valence-corrected chi connectivity index (χ1v) is 6.04. The van der Waals surface area contributed by atoms with E-state index in [9.17, 15) is 4.79 Å². The Labute approximate surface area is 97.0 Å². The van der Waals surface area contributed by atoms with Crippen LogP contribution in [0.2, 0.25) is 0 Å². The van der Waals surface area contributed by atoms with Gasteiger partial charge in [-0.25, -0.2) is 0 Å². The van der Waals surface area contributed by atoms with Gasteiger partial charge < -0.3 is 14.3 Å². The zero-order chi connectivity index (χ0) is 10.1. The van der Waals surface area contributed by atoms with Gasteiger partial charge in [0.15, 0.2) is 0 Å². The lowest BCUT2D eigenvalue weighted by atomic mass is 9.92. The molecule has 0 aromatic rings. The molecule has 0 unspecified atom stereocenters. The number of carbonyl (C=O) groups is 1. The summed E-state index contributed by atoms with van der Waals surface area (Å²) in [6.07, 6.45) is 3.79. The van der Waals surface area contributed by atoms with Crippen LogP contribution in [-0.2, 0) is 14.3 Å². The zero-order valence-corrected chi connectivity index (χ0v) is 10.1. The van der Waals surface area contributed by atoms with Gasteiger partial charge in [0, 0.05) is 12.3 Å². The van der Waals surface area contributed by atoms with Gasteiger partial charge in [0.25, 0.3) is 0 Å². The molecule has 4 heteroatoms. The number of fused-ring (bicyclic) bond motifs is 2. The second-order valence-electron chi connectivity index (χ2n) is 3.83. The topological polar surface area (TPSA) is 35.5 Å². The van der Waals surface area contributed by atoms with Gasteiger partial charge in [0.05, 0.1) is 12.2 Å². The Hall–Kier alpha value is 0.0600. The van der Waals surface area contributed by atoms with Crippen LogP contribution in [-0.4, -0.2) is 30.7 Å². The minimum absolute atomic E-state index is 0.0318. The van der Waals surface area contributed by atoms with E-state index < -0.39 is 0 Å². The van der Waals surface area contributed by atoms with E-state index in [4.69, 9.17) is 9.47 Å². The van der Waals surface area contributed by atoms with Gasteiger partial charge in [-0.2, -0.15) is 0 Å². The third-order valence-corrected chi connectivity index (χ3v) is 3.41. The van der Waals surface area contributed by atoms with E-state index in [0.29, 0.717) is 0 Å². The van der Waals surface area contributed by atoms with Crippen molar-refractivity contribution in [3.05, 3.63) is 10.2 Å². The zero-order valence-electron chi connectivity index (χ0n) is 7.93. The molecule has 0 N–H and O–H groups in total. The van der Waals surface area contributed by atoms with Gasteiger partial charge >= 0.3 is 0 Å². The van der Waals surface area contributed by atoms with Crippen LogP contribution in [0.15, 0.2) is 10.2 Å². The van der Waals surface area contributed by atoms with Crippen LogP contribution >= 0.6 is 22.6 Å². The van der Waals surface area contributed by atoms with Gasteiger partial charge in [-0.05, 0) is 10.2 Å². The van der Waals surface area contributed by atoms with Crippen molar-refractivity contribution in [1.82, 2.24) is 0 Å². The summed E-state index contributed by atoms with van der Waals surface area (Å²) in [5, 5.41) is 0. The van der Waals surface area contributed by atoms with E-state index in [0.717, 1.165) is 12.7 Å². The average Bonchev–Trinajstić information content (AvgIpc) is 2.52. The fraction of sp³-hybridized carbons (Fsp3) is 0.700. The van der Waals surface area contributed by atoms with Crippen molar-refractivity contribution in [3.8, 4) is 0 Å². The molecule has 2 saturated heterocycles. The molecule has 2 fully saturated rings. The summed E-state index contributed by atoms with van der Waals surface area (Å²) < 4.78 is 13.4. The summed E-state index contributed by atoms with van der Waals surface area (Å²) in [5.41, 5.74) is 0. The van der Waals surface area contributed by atoms with E-state index in [2.05, 4.69) is 22.6 Å². The second kappa shape index (κ2) is 4.28. The highest BCUT2D eigenvalue weighted by atomic mass is 127. The Morgan fingerprint density at radius 1 is 1.29 bits per heavy atom. The normalized spacial score (nSPS) is 47.1. The molecule has 0 aromatic carbocycles. The maximum atomic E-state index is 10.8. The first-order chi connectivity index (χ1) is 6.76. The Morgan fingerprint density at radius 3 is 2.64 bits per heavy atom. The summed E-state index contributed by atoms with van der Waals surface area (Å²) in [6.45, 7) is 2.01. The molecule has 2 aliphatic rings. The van der Waals surface area contributed by atoms with Gasteiger partial charge in [0.1, 0.15) is 18.5 Å². The Kier molecular flexibility index (Phi) is 3.23. The Morgan fingerprint density at radius 2 is 2.00 bits per heavy atom. The van der Waals surface area contributed by atoms with Crippen molar-refractivity contribution < 1.29 is 14.3 Å². The van der Waals surface area contributed by atoms with Crippen LogP contribution in [0.3, 0.4) is 0 Å². The summed E-state index contributed by atoms with van der Waals surface area (Å²) in [4.78, 5) is 10.8. The Balaban J connectivity index is 2.11. The van der Waals surface area contributed by atoms with Gasteiger partial charge in [-0.3, -0.25) is 0 Å². The maximum Gasteiger partial charge on any atom is 0.149 e. The smallest absolute Gasteiger partial charge is 0.149 e. The van der Waals surface area contributed by atoms with E-state index in [-0.39, 0.29) is 30.3 Å². The number of rotatable bonds is 2. The molecule has 2 bridgehead atoms. The molecule has 0 aromatic heterocycles. The molecule has 0 radical (unpaired) electrons. The van der Waals surface area contributed by atoms with Crippen molar-refractivity contribution in [2.75, 3.05) is 0 Å².